The molecule has 106 valence electrons. The minimum absolute atomic E-state index is 0.520. The number of pyridine rings is 1. The molecule has 4 nitrogen and oxygen atoms in total. The molecular formula is C16H13ClN2O2. The van der Waals surface area contributed by atoms with Gasteiger partial charge in [0.25, 0.3) is 0 Å². The van der Waals surface area contributed by atoms with Crippen LogP contribution in [0.3, 0.4) is 0 Å². The molecule has 2 heterocycles. The molecule has 1 aromatic carbocycles. The molecule has 0 amide bonds. The fraction of sp³-hybridized carbons (Fsp3) is 0.188. The molecule has 0 aliphatic heterocycles. The first kappa shape index (κ1) is 13.7. The summed E-state index contributed by atoms with van der Waals surface area (Å²) >= 11 is 6.26. The minimum atomic E-state index is 0.520. The first-order valence-electron chi connectivity index (χ1n) is 6.61. The Balaban J connectivity index is 2.54. The van der Waals surface area contributed by atoms with Crippen molar-refractivity contribution in [2.24, 2.45) is 0 Å². The van der Waals surface area contributed by atoms with Crippen molar-refractivity contribution in [3.8, 4) is 5.88 Å². The SMILES string of the molecule is CCOc1c(C)nc2c3cccc(Cl)c3cc(C=C=O)n12. The molecule has 0 radical (unpaired) electrons. The van der Waals surface area contributed by atoms with Crippen LogP contribution in [0.2, 0.25) is 5.02 Å². The van der Waals surface area contributed by atoms with Gasteiger partial charge in [-0.25, -0.2) is 9.78 Å². The molecule has 0 unspecified atom stereocenters. The van der Waals surface area contributed by atoms with Gasteiger partial charge in [0.1, 0.15) is 17.3 Å². The van der Waals surface area contributed by atoms with Crippen LogP contribution in [0.4, 0.5) is 0 Å². The second-order valence-corrected chi connectivity index (χ2v) is 5.03. The van der Waals surface area contributed by atoms with Gasteiger partial charge in [0.2, 0.25) is 5.88 Å². The third-order valence-corrected chi connectivity index (χ3v) is 3.66. The highest BCUT2D eigenvalue weighted by molar-refractivity contribution is 6.36. The maximum Gasteiger partial charge on any atom is 0.221 e. The standard InChI is InChI=1S/C16H13ClN2O2/c1-3-21-16-10(2)18-15-12-5-4-6-14(17)13(12)9-11(7-8-20)19(15)16/h4-7,9H,3H2,1-2H3. The molecule has 0 aliphatic carbocycles. The number of aryl methyl sites for hydroxylation is 1. The summed E-state index contributed by atoms with van der Waals surface area (Å²) in [4.78, 5) is 15.4. The molecule has 0 atom stereocenters. The summed E-state index contributed by atoms with van der Waals surface area (Å²) in [5, 5.41) is 2.38. The Labute approximate surface area is 126 Å². The van der Waals surface area contributed by atoms with Crippen molar-refractivity contribution in [3.63, 3.8) is 0 Å². The van der Waals surface area contributed by atoms with E-state index in [1.54, 1.807) is 0 Å². The van der Waals surface area contributed by atoms with Crippen LogP contribution >= 0.6 is 11.6 Å². The molecule has 0 saturated heterocycles. The van der Waals surface area contributed by atoms with Crippen molar-refractivity contribution in [1.82, 2.24) is 9.38 Å². The van der Waals surface area contributed by atoms with Gasteiger partial charge in [-0.05, 0) is 26.0 Å². The molecule has 3 aromatic rings. The van der Waals surface area contributed by atoms with Crippen molar-refractivity contribution in [3.05, 3.63) is 40.7 Å². The van der Waals surface area contributed by atoms with Gasteiger partial charge in [0.15, 0.2) is 0 Å². The molecule has 0 bridgehead atoms. The third-order valence-electron chi connectivity index (χ3n) is 3.33. The van der Waals surface area contributed by atoms with Crippen molar-refractivity contribution < 1.29 is 9.53 Å². The van der Waals surface area contributed by atoms with Crippen molar-refractivity contribution >= 4 is 40.0 Å². The monoisotopic (exact) mass is 300 g/mol. The maximum absolute atomic E-state index is 10.8. The van der Waals surface area contributed by atoms with E-state index in [0.717, 1.165) is 22.1 Å². The van der Waals surface area contributed by atoms with Gasteiger partial charge in [-0.1, -0.05) is 23.7 Å². The van der Waals surface area contributed by atoms with E-state index in [2.05, 4.69) is 4.98 Å². The summed E-state index contributed by atoms with van der Waals surface area (Å²) < 4.78 is 7.50. The number of imidazole rings is 1. The maximum atomic E-state index is 10.8. The lowest BCUT2D eigenvalue weighted by molar-refractivity contribution is 0.321. The lowest BCUT2D eigenvalue weighted by Gasteiger charge is -2.09. The van der Waals surface area contributed by atoms with Gasteiger partial charge in [-0.15, -0.1) is 0 Å². The van der Waals surface area contributed by atoms with E-state index in [0.29, 0.717) is 23.2 Å². The zero-order valence-electron chi connectivity index (χ0n) is 11.7. The van der Waals surface area contributed by atoms with Crippen LogP contribution < -0.4 is 4.74 Å². The Morgan fingerprint density at radius 3 is 2.95 bits per heavy atom. The number of hydrogen-bond donors (Lipinski definition) is 0. The first-order chi connectivity index (χ1) is 10.2. The van der Waals surface area contributed by atoms with E-state index in [9.17, 15) is 4.79 Å². The quantitative estimate of drug-likeness (QED) is 0.693. The number of fused-ring (bicyclic) bond motifs is 3. The smallest absolute Gasteiger partial charge is 0.221 e. The van der Waals surface area contributed by atoms with Gasteiger partial charge in [-0.3, -0.25) is 4.40 Å². The first-order valence-corrected chi connectivity index (χ1v) is 6.99. The largest absolute Gasteiger partial charge is 0.478 e. The lowest BCUT2D eigenvalue weighted by atomic mass is 10.1. The summed E-state index contributed by atoms with van der Waals surface area (Å²) in [6.45, 7) is 4.31. The number of nitrogens with zero attached hydrogens (tertiary/aromatic N) is 2. The summed E-state index contributed by atoms with van der Waals surface area (Å²) in [5.74, 6) is 2.45. The van der Waals surface area contributed by atoms with Gasteiger partial charge < -0.3 is 4.74 Å². The van der Waals surface area contributed by atoms with E-state index in [1.807, 2.05) is 48.5 Å². The fourth-order valence-electron chi connectivity index (χ4n) is 2.50. The zero-order chi connectivity index (χ0) is 15.0. The zero-order valence-corrected chi connectivity index (χ0v) is 12.4. The second-order valence-electron chi connectivity index (χ2n) is 4.63. The van der Waals surface area contributed by atoms with Crippen molar-refractivity contribution in [1.29, 1.82) is 0 Å². The topological polar surface area (TPSA) is 43.6 Å². The normalized spacial score (nSPS) is 10.8. The van der Waals surface area contributed by atoms with Crippen LogP contribution in [0, 0.1) is 6.92 Å². The molecule has 0 saturated carbocycles. The minimum Gasteiger partial charge on any atom is -0.478 e. The number of hydrogen-bond acceptors (Lipinski definition) is 3. The number of rotatable bonds is 3. The van der Waals surface area contributed by atoms with Crippen molar-refractivity contribution in [2.75, 3.05) is 6.61 Å². The van der Waals surface area contributed by atoms with E-state index in [4.69, 9.17) is 16.3 Å². The van der Waals surface area contributed by atoms with E-state index in [1.165, 1.54) is 6.08 Å². The molecule has 0 fully saturated rings. The summed E-state index contributed by atoms with van der Waals surface area (Å²) in [5.41, 5.74) is 2.13. The Morgan fingerprint density at radius 1 is 1.43 bits per heavy atom. The number of benzene rings is 1. The van der Waals surface area contributed by atoms with Crippen LogP contribution in [-0.2, 0) is 4.79 Å². The Bertz CT molecular complexity index is 892. The van der Waals surface area contributed by atoms with Gasteiger partial charge in [0.05, 0.1) is 12.3 Å². The fourth-order valence-corrected chi connectivity index (χ4v) is 2.73. The highest BCUT2D eigenvalue weighted by Crippen LogP contribution is 2.32. The van der Waals surface area contributed by atoms with E-state index in [-0.39, 0.29) is 0 Å². The summed E-state index contributed by atoms with van der Waals surface area (Å²) in [6, 6.07) is 7.49. The number of halogens is 1. The third kappa shape index (κ3) is 2.09. The number of aromatic nitrogens is 2. The van der Waals surface area contributed by atoms with Crippen LogP contribution in [0.1, 0.15) is 18.3 Å². The number of ether oxygens (including phenoxy) is 1. The van der Waals surface area contributed by atoms with Crippen LogP contribution in [0.25, 0.3) is 22.5 Å². The molecule has 5 heteroatoms. The lowest BCUT2D eigenvalue weighted by Crippen LogP contribution is -2.00. The average molecular weight is 301 g/mol. The molecule has 3 rings (SSSR count). The Morgan fingerprint density at radius 2 is 2.24 bits per heavy atom. The highest BCUT2D eigenvalue weighted by atomic mass is 35.5. The Kier molecular flexibility index (Phi) is 3.42. The molecule has 0 aliphatic rings. The molecule has 2 aromatic heterocycles. The predicted molar refractivity (Wildman–Crippen MR) is 83.8 cm³/mol. The van der Waals surface area contributed by atoms with E-state index < -0.39 is 0 Å². The predicted octanol–water partition coefficient (Wildman–Crippen LogP) is 3.69. The molecule has 21 heavy (non-hydrogen) atoms. The van der Waals surface area contributed by atoms with Gasteiger partial charge >= 0.3 is 0 Å². The van der Waals surface area contributed by atoms with Crippen molar-refractivity contribution in [2.45, 2.75) is 13.8 Å². The second kappa shape index (κ2) is 5.24. The number of carbonyl (C=O) groups excluding carboxylic acids is 1. The molecule has 0 N–H and O–H groups in total. The summed E-state index contributed by atoms with van der Waals surface area (Å²) in [7, 11) is 0. The summed E-state index contributed by atoms with van der Waals surface area (Å²) in [6.07, 6.45) is 1.36. The molecule has 0 spiro atoms. The Hall–Kier alpha value is -2.29. The average Bonchev–Trinajstić information content (AvgIpc) is 2.79. The molecular weight excluding hydrogens is 288 g/mol. The van der Waals surface area contributed by atoms with E-state index >= 15 is 0 Å². The van der Waals surface area contributed by atoms with Crippen LogP contribution in [0.5, 0.6) is 5.88 Å². The van der Waals surface area contributed by atoms with Crippen LogP contribution in [-0.4, -0.2) is 21.9 Å². The van der Waals surface area contributed by atoms with Gasteiger partial charge in [-0.2, -0.15) is 0 Å². The highest BCUT2D eigenvalue weighted by Gasteiger charge is 2.16. The van der Waals surface area contributed by atoms with Gasteiger partial charge in [0, 0.05) is 21.9 Å². The van der Waals surface area contributed by atoms with Crippen LogP contribution in [0.15, 0.2) is 24.3 Å².